The van der Waals surface area contributed by atoms with E-state index >= 15 is 0 Å². The molecule has 0 bridgehead atoms. The van der Waals surface area contributed by atoms with E-state index in [9.17, 15) is 4.79 Å². The largest absolute Gasteiger partial charge is 0.488 e. The molecule has 0 heterocycles. The highest BCUT2D eigenvalue weighted by Gasteiger charge is 2.11. The maximum atomic E-state index is 12.2. The first-order valence-corrected chi connectivity index (χ1v) is 8.20. The number of para-hydroxylation sites is 1. The summed E-state index contributed by atoms with van der Waals surface area (Å²) >= 11 is 0. The van der Waals surface area contributed by atoms with Crippen LogP contribution in [0.25, 0.3) is 0 Å². The first kappa shape index (κ1) is 17.1. The summed E-state index contributed by atoms with van der Waals surface area (Å²) in [5, 5.41) is 2.89. The third kappa shape index (κ3) is 4.85. The van der Waals surface area contributed by atoms with Crippen LogP contribution in [-0.4, -0.2) is 12.5 Å². The molecule has 0 aliphatic rings. The van der Waals surface area contributed by atoms with E-state index in [1.165, 1.54) is 5.56 Å². The molecule has 0 saturated carbocycles. The lowest BCUT2D eigenvalue weighted by molar-refractivity contribution is 0.0949. The summed E-state index contributed by atoms with van der Waals surface area (Å²) in [5.74, 6) is 1.06. The number of carbonyl (C=O) groups is 1. The van der Waals surface area contributed by atoms with E-state index in [0.29, 0.717) is 30.4 Å². The van der Waals surface area contributed by atoms with Crippen molar-refractivity contribution in [2.75, 3.05) is 6.54 Å². The standard InChI is InChI=1S/C20H25NO2/c1-4-13-21-20(22)18-7-5-6-8-19(18)23-14-16-9-11-17(12-10-16)15(2)3/h5-12,15H,4,13-14H2,1-3H3,(H,21,22). The van der Waals surface area contributed by atoms with Crippen molar-refractivity contribution >= 4 is 5.91 Å². The average molecular weight is 311 g/mol. The number of rotatable bonds is 7. The van der Waals surface area contributed by atoms with Crippen LogP contribution in [0, 0.1) is 0 Å². The van der Waals surface area contributed by atoms with Crippen molar-refractivity contribution in [1.82, 2.24) is 5.32 Å². The maximum Gasteiger partial charge on any atom is 0.255 e. The lowest BCUT2D eigenvalue weighted by atomic mass is 10.0. The van der Waals surface area contributed by atoms with Crippen LogP contribution >= 0.6 is 0 Å². The van der Waals surface area contributed by atoms with Gasteiger partial charge < -0.3 is 10.1 Å². The number of hydrogen-bond acceptors (Lipinski definition) is 2. The third-order valence-corrected chi connectivity index (χ3v) is 3.71. The molecular weight excluding hydrogens is 286 g/mol. The summed E-state index contributed by atoms with van der Waals surface area (Å²) in [6, 6.07) is 15.8. The molecule has 0 saturated heterocycles. The van der Waals surface area contributed by atoms with Gasteiger partial charge >= 0.3 is 0 Å². The molecule has 1 amide bonds. The van der Waals surface area contributed by atoms with Crippen molar-refractivity contribution in [2.45, 2.75) is 39.7 Å². The van der Waals surface area contributed by atoms with Gasteiger partial charge in [-0.1, -0.05) is 57.2 Å². The summed E-state index contributed by atoms with van der Waals surface area (Å²) in [6.45, 7) is 7.51. The summed E-state index contributed by atoms with van der Waals surface area (Å²) in [5.41, 5.74) is 2.99. The van der Waals surface area contributed by atoms with Gasteiger partial charge in [-0.3, -0.25) is 4.79 Å². The van der Waals surface area contributed by atoms with Gasteiger partial charge in [-0.05, 0) is 35.6 Å². The number of nitrogens with one attached hydrogen (secondary N) is 1. The van der Waals surface area contributed by atoms with E-state index in [1.807, 2.05) is 25.1 Å². The predicted molar refractivity (Wildman–Crippen MR) is 93.9 cm³/mol. The Morgan fingerprint density at radius 2 is 1.78 bits per heavy atom. The molecule has 0 atom stereocenters. The van der Waals surface area contributed by atoms with Gasteiger partial charge in [-0.25, -0.2) is 0 Å². The molecule has 2 aromatic rings. The van der Waals surface area contributed by atoms with Gasteiger partial charge in [-0.2, -0.15) is 0 Å². The SMILES string of the molecule is CCCNC(=O)c1ccccc1OCc1ccc(C(C)C)cc1. The van der Waals surface area contributed by atoms with Crippen LogP contribution in [0.3, 0.4) is 0 Å². The monoisotopic (exact) mass is 311 g/mol. The van der Waals surface area contributed by atoms with E-state index in [-0.39, 0.29) is 5.91 Å². The topological polar surface area (TPSA) is 38.3 Å². The van der Waals surface area contributed by atoms with Gasteiger partial charge in [0.25, 0.3) is 5.91 Å². The molecule has 0 aliphatic heterocycles. The summed E-state index contributed by atoms with van der Waals surface area (Å²) in [7, 11) is 0. The normalized spacial score (nSPS) is 10.6. The molecule has 0 aliphatic carbocycles. The molecule has 122 valence electrons. The minimum absolute atomic E-state index is 0.0856. The summed E-state index contributed by atoms with van der Waals surface area (Å²) < 4.78 is 5.86. The molecule has 0 fully saturated rings. The zero-order chi connectivity index (χ0) is 16.7. The second-order valence-electron chi connectivity index (χ2n) is 5.94. The molecular formula is C20H25NO2. The predicted octanol–water partition coefficient (Wildman–Crippen LogP) is 4.53. The van der Waals surface area contributed by atoms with Crippen LogP contribution in [0.15, 0.2) is 48.5 Å². The van der Waals surface area contributed by atoms with Crippen LogP contribution in [0.1, 0.15) is 54.6 Å². The van der Waals surface area contributed by atoms with Gasteiger partial charge in [0.05, 0.1) is 5.56 Å². The van der Waals surface area contributed by atoms with Crippen LogP contribution < -0.4 is 10.1 Å². The smallest absolute Gasteiger partial charge is 0.255 e. The number of amides is 1. The van der Waals surface area contributed by atoms with Gasteiger partial charge in [0.1, 0.15) is 12.4 Å². The van der Waals surface area contributed by atoms with Gasteiger partial charge in [0.15, 0.2) is 0 Å². The minimum atomic E-state index is -0.0856. The van der Waals surface area contributed by atoms with Gasteiger partial charge in [-0.15, -0.1) is 0 Å². The van der Waals surface area contributed by atoms with Crippen molar-refractivity contribution in [3.63, 3.8) is 0 Å². The second-order valence-corrected chi connectivity index (χ2v) is 5.94. The Labute approximate surface area is 138 Å². The Morgan fingerprint density at radius 1 is 1.09 bits per heavy atom. The highest BCUT2D eigenvalue weighted by atomic mass is 16.5. The first-order valence-electron chi connectivity index (χ1n) is 8.20. The van der Waals surface area contributed by atoms with E-state index in [0.717, 1.165) is 12.0 Å². The fourth-order valence-electron chi connectivity index (χ4n) is 2.27. The molecule has 0 aromatic heterocycles. The van der Waals surface area contributed by atoms with E-state index < -0.39 is 0 Å². The van der Waals surface area contributed by atoms with Gasteiger partial charge in [0, 0.05) is 6.54 Å². The second kappa shape index (κ2) is 8.37. The molecule has 1 N–H and O–H groups in total. The molecule has 3 heteroatoms. The minimum Gasteiger partial charge on any atom is -0.488 e. The lowest BCUT2D eigenvalue weighted by Gasteiger charge is -2.12. The first-order chi connectivity index (χ1) is 11.1. The molecule has 0 radical (unpaired) electrons. The molecule has 0 spiro atoms. The highest BCUT2D eigenvalue weighted by molar-refractivity contribution is 5.96. The van der Waals surface area contributed by atoms with Crippen molar-refractivity contribution in [2.24, 2.45) is 0 Å². The van der Waals surface area contributed by atoms with Crippen molar-refractivity contribution in [1.29, 1.82) is 0 Å². The molecule has 2 aromatic carbocycles. The van der Waals surface area contributed by atoms with E-state index in [2.05, 4.69) is 43.4 Å². The maximum absolute atomic E-state index is 12.2. The number of benzene rings is 2. The van der Waals surface area contributed by atoms with Crippen molar-refractivity contribution < 1.29 is 9.53 Å². The molecule has 3 nitrogen and oxygen atoms in total. The third-order valence-electron chi connectivity index (χ3n) is 3.71. The Hall–Kier alpha value is -2.29. The summed E-state index contributed by atoms with van der Waals surface area (Å²) in [6.07, 6.45) is 0.914. The Bertz CT molecular complexity index is 632. The van der Waals surface area contributed by atoms with Crippen molar-refractivity contribution in [3.8, 4) is 5.75 Å². The Morgan fingerprint density at radius 3 is 2.43 bits per heavy atom. The molecule has 0 unspecified atom stereocenters. The number of hydrogen-bond donors (Lipinski definition) is 1. The van der Waals surface area contributed by atoms with E-state index in [4.69, 9.17) is 4.74 Å². The lowest BCUT2D eigenvalue weighted by Crippen LogP contribution is -2.24. The van der Waals surface area contributed by atoms with Crippen LogP contribution in [0.5, 0.6) is 5.75 Å². The average Bonchev–Trinajstić information content (AvgIpc) is 2.58. The van der Waals surface area contributed by atoms with Gasteiger partial charge in [0.2, 0.25) is 0 Å². The van der Waals surface area contributed by atoms with Crippen molar-refractivity contribution in [3.05, 3.63) is 65.2 Å². The highest BCUT2D eigenvalue weighted by Crippen LogP contribution is 2.20. The fraction of sp³-hybridized carbons (Fsp3) is 0.350. The van der Waals surface area contributed by atoms with Crippen LogP contribution in [-0.2, 0) is 6.61 Å². The quantitative estimate of drug-likeness (QED) is 0.816. The zero-order valence-electron chi connectivity index (χ0n) is 14.1. The van der Waals surface area contributed by atoms with E-state index in [1.54, 1.807) is 6.07 Å². The number of ether oxygens (including phenoxy) is 1. The molecule has 23 heavy (non-hydrogen) atoms. The molecule has 2 rings (SSSR count). The van der Waals surface area contributed by atoms with Crippen LogP contribution in [0.2, 0.25) is 0 Å². The zero-order valence-corrected chi connectivity index (χ0v) is 14.1. The fourth-order valence-corrected chi connectivity index (χ4v) is 2.27. The Balaban J connectivity index is 2.04. The summed E-state index contributed by atoms with van der Waals surface area (Å²) in [4.78, 5) is 12.2. The Kier molecular flexibility index (Phi) is 6.21. The number of carbonyl (C=O) groups excluding carboxylic acids is 1. The van der Waals surface area contributed by atoms with Crippen LogP contribution in [0.4, 0.5) is 0 Å².